The second-order valence-electron chi connectivity index (χ2n) is 8.18. The maximum absolute atomic E-state index is 12.7. The average molecular weight is 427 g/mol. The number of nitrogens with zero attached hydrogens (tertiary/aromatic N) is 3. The van der Waals surface area contributed by atoms with Gasteiger partial charge < -0.3 is 15.2 Å². The number of imidazole rings is 1. The van der Waals surface area contributed by atoms with E-state index >= 15 is 0 Å². The van der Waals surface area contributed by atoms with Crippen molar-refractivity contribution in [3.63, 3.8) is 0 Å². The van der Waals surface area contributed by atoms with Crippen LogP contribution in [0.1, 0.15) is 44.4 Å². The lowest BCUT2D eigenvalue weighted by Gasteiger charge is -2.25. The number of hydrogen-bond acceptors (Lipinski definition) is 3. The van der Waals surface area contributed by atoms with Crippen LogP contribution in [0.3, 0.4) is 0 Å². The average Bonchev–Trinajstić information content (AvgIpc) is 2.96. The van der Waals surface area contributed by atoms with E-state index in [9.17, 15) is 4.79 Å². The second kappa shape index (κ2) is 10.8. The number of carbonyl (C=O) groups is 1. The molecule has 2 N–H and O–H groups in total. The molecule has 1 atom stereocenters. The van der Waals surface area contributed by atoms with Crippen LogP contribution >= 0.6 is 24.8 Å². The third-order valence-corrected chi connectivity index (χ3v) is 5.29. The Morgan fingerprint density at radius 3 is 2.61 bits per heavy atom. The first-order valence-corrected chi connectivity index (χ1v) is 9.52. The number of amides is 1. The molecule has 0 unspecified atom stereocenters. The first-order chi connectivity index (χ1) is 12.4. The Morgan fingerprint density at radius 1 is 1.18 bits per heavy atom. The SMILES string of the molecule is CC1(C)CCCN(C(=O)[C@@H](N)Cc2cn(Cc3ccccc3)cn2)CC1.Cl.Cl. The molecule has 2 heterocycles. The van der Waals surface area contributed by atoms with Gasteiger partial charge in [0.25, 0.3) is 0 Å². The molecule has 0 spiro atoms. The van der Waals surface area contributed by atoms with Gasteiger partial charge in [-0.05, 0) is 30.2 Å². The molecule has 5 nitrogen and oxygen atoms in total. The second-order valence-corrected chi connectivity index (χ2v) is 8.18. The lowest BCUT2D eigenvalue weighted by Crippen LogP contribution is -2.45. The summed E-state index contributed by atoms with van der Waals surface area (Å²) in [6.07, 6.45) is 7.55. The largest absolute Gasteiger partial charge is 0.341 e. The lowest BCUT2D eigenvalue weighted by molar-refractivity contribution is -0.132. The summed E-state index contributed by atoms with van der Waals surface area (Å²) in [6.45, 7) is 6.96. The summed E-state index contributed by atoms with van der Waals surface area (Å²) in [6, 6.07) is 9.74. The van der Waals surface area contributed by atoms with Crippen LogP contribution in [0.25, 0.3) is 0 Å². The molecule has 28 heavy (non-hydrogen) atoms. The van der Waals surface area contributed by atoms with E-state index in [-0.39, 0.29) is 30.7 Å². The number of halogens is 2. The van der Waals surface area contributed by atoms with Crippen molar-refractivity contribution in [2.75, 3.05) is 13.1 Å². The molecule has 156 valence electrons. The number of benzene rings is 1. The van der Waals surface area contributed by atoms with Gasteiger partial charge in [-0.2, -0.15) is 0 Å². The van der Waals surface area contributed by atoms with Gasteiger partial charge in [-0.3, -0.25) is 4.79 Å². The van der Waals surface area contributed by atoms with E-state index in [4.69, 9.17) is 5.73 Å². The first-order valence-electron chi connectivity index (χ1n) is 9.52. The molecule has 0 aliphatic carbocycles. The highest BCUT2D eigenvalue weighted by Crippen LogP contribution is 2.29. The molecule has 0 saturated carbocycles. The highest BCUT2D eigenvalue weighted by molar-refractivity contribution is 5.85. The zero-order valence-electron chi connectivity index (χ0n) is 16.7. The summed E-state index contributed by atoms with van der Waals surface area (Å²) in [5, 5.41) is 0. The first kappa shape index (κ1) is 24.5. The van der Waals surface area contributed by atoms with Crippen LogP contribution in [-0.4, -0.2) is 39.5 Å². The van der Waals surface area contributed by atoms with Crippen molar-refractivity contribution >= 4 is 30.7 Å². The van der Waals surface area contributed by atoms with Gasteiger partial charge in [0.15, 0.2) is 0 Å². The molecule has 1 saturated heterocycles. The number of carbonyl (C=O) groups excluding carboxylic acids is 1. The van der Waals surface area contributed by atoms with Crippen molar-refractivity contribution in [2.45, 2.75) is 52.1 Å². The van der Waals surface area contributed by atoms with Crippen molar-refractivity contribution in [1.82, 2.24) is 14.5 Å². The fourth-order valence-electron chi connectivity index (χ4n) is 3.58. The summed E-state index contributed by atoms with van der Waals surface area (Å²) < 4.78 is 2.04. The zero-order valence-corrected chi connectivity index (χ0v) is 18.3. The summed E-state index contributed by atoms with van der Waals surface area (Å²) in [4.78, 5) is 19.1. The van der Waals surface area contributed by atoms with Gasteiger partial charge >= 0.3 is 0 Å². The van der Waals surface area contributed by atoms with Gasteiger partial charge in [-0.15, -0.1) is 24.8 Å². The Kier molecular flexibility index (Phi) is 9.48. The summed E-state index contributed by atoms with van der Waals surface area (Å²) in [7, 11) is 0. The van der Waals surface area contributed by atoms with E-state index in [0.717, 1.165) is 44.6 Å². The van der Waals surface area contributed by atoms with Crippen LogP contribution in [0.15, 0.2) is 42.9 Å². The predicted octanol–water partition coefficient (Wildman–Crippen LogP) is 3.68. The Morgan fingerprint density at radius 2 is 1.89 bits per heavy atom. The van der Waals surface area contributed by atoms with E-state index in [1.54, 1.807) is 0 Å². The zero-order chi connectivity index (χ0) is 18.6. The number of likely N-dealkylation sites (tertiary alicyclic amines) is 1. The van der Waals surface area contributed by atoms with E-state index < -0.39 is 6.04 Å². The van der Waals surface area contributed by atoms with E-state index in [2.05, 4.69) is 31.0 Å². The molecule has 0 radical (unpaired) electrons. The number of hydrogen-bond donors (Lipinski definition) is 1. The van der Waals surface area contributed by atoms with Crippen LogP contribution in [-0.2, 0) is 17.8 Å². The van der Waals surface area contributed by atoms with Crippen molar-refractivity contribution in [3.05, 3.63) is 54.1 Å². The highest BCUT2D eigenvalue weighted by Gasteiger charge is 2.28. The Hall–Kier alpha value is -1.56. The quantitative estimate of drug-likeness (QED) is 0.792. The minimum absolute atomic E-state index is 0. The van der Waals surface area contributed by atoms with Gasteiger partial charge in [0, 0.05) is 32.3 Å². The molecular formula is C21H32Cl2N4O. The number of rotatable bonds is 5. The minimum Gasteiger partial charge on any atom is -0.341 e. The summed E-state index contributed by atoms with van der Waals surface area (Å²) >= 11 is 0. The minimum atomic E-state index is -0.517. The van der Waals surface area contributed by atoms with Crippen LogP contribution < -0.4 is 5.73 Å². The Labute approximate surface area is 180 Å². The van der Waals surface area contributed by atoms with E-state index in [0.29, 0.717) is 11.8 Å². The molecular weight excluding hydrogens is 395 g/mol. The predicted molar refractivity (Wildman–Crippen MR) is 118 cm³/mol. The maximum Gasteiger partial charge on any atom is 0.239 e. The van der Waals surface area contributed by atoms with Crippen LogP contribution in [0, 0.1) is 5.41 Å². The smallest absolute Gasteiger partial charge is 0.239 e. The third kappa shape index (κ3) is 6.80. The van der Waals surface area contributed by atoms with Crippen molar-refractivity contribution in [1.29, 1.82) is 0 Å². The fraction of sp³-hybridized carbons (Fsp3) is 0.524. The standard InChI is InChI=1S/C21H30N4O.2ClH/c1-21(2)9-6-11-25(12-10-21)20(26)19(22)13-18-15-24(16-23-18)14-17-7-4-3-5-8-17;;/h3-5,7-8,15-16,19H,6,9-14,22H2,1-2H3;2*1H/t19-;;/m0../s1. The molecule has 3 rings (SSSR count). The summed E-state index contributed by atoms with van der Waals surface area (Å²) in [5.41, 5.74) is 8.63. The summed E-state index contributed by atoms with van der Waals surface area (Å²) in [5.74, 6) is 0.0558. The molecule has 2 aromatic rings. The lowest BCUT2D eigenvalue weighted by atomic mass is 9.85. The highest BCUT2D eigenvalue weighted by atomic mass is 35.5. The Bertz CT molecular complexity index is 733. The molecule has 1 aliphatic rings. The van der Waals surface area contributed by atoms with Crippen molar-refractivity contribution < 1.29 is 4.79 Å². The van der Waals surface area contributed by atoms with Gasteiger partial charge in [-0.25, -0.2) is 4.98 Å². The molecule has 1 fully saturated rings. The third-order valence-electron chi connectivity index (χ3n) is 5.29. The van der Waals surface area contributed by atoms with Crippen molar-refractivity contribution in [2.24, 2.45) is 11.1 Å². The van der Waals surface area contributed by atoms with Gasteiger partial charge in [0.2, 0.25) is 5.91 Å². The maximum atomic E-state index is 12.7. The normalized spacial score (nSPS) is 17.0. The van der Waals surface area contributed by atoms with Gasteiger partial charge in [-0.1, -0.05) is 44.2 Å². The molecule has 1 aromatic carbocycles. The molecule has 1 aromatic heterocycles. The van der Waals surface area contributed by atoms with Crippen LogP contribution in [0.5, 0.6) is 0 Å². The Balaban J connectivity index is 0.00000196. The van der Waals surface area contributed by atoms with Crippen LogP contribution in [0.2, 0.25) is 0 Å². The molecule has 1 aliphatic heterocycles. The van der Waals surface area contributed by atoms with Gasteiger partial charge in [0.05, 0.1) is 18.1 Å². The molecule has 7 heteroatoms. The fourth-order valence-corrected chi connectivity index (χ4v) is 3.58. The molecule has 0 bridgehead atoms. The monoisotopic (exact) mass is 426 g/mol. The van der Waals surface area contributed by atoms with Crippen molar-refractivity contribution in [3.8, 4) is 0 Å². The van der Waals surface area contributed by atoms with Gasteiger partial charge in [0.1, 0.15) is 0 Å². The van der Waals surface area contributed by atoms with E-state index in [1.807, 2.05) is 40.2 Å². The molecule has 1 amide bonds. The van der Waals surface area contributed by atoms with Crippen LogP contribution in [0.4, 0.5) is 0 Å². The topological polar surface area (TPSA) is 64.2 Å². The van der Waals surface area contributed by atoms with E-state index in [1.165, 1.54) is 5.56 Å². The number of nitrogens with two attached hydrogens (primary N) is 1. The number of aromatic nitrogens is 2.